The third-order valence-corrected chi connectivity index (χ3v) is 5.50. The van der Waals surface area contributed by atoms with Gasteiger partial charge in [0.05, 0.1) is 24.3 Å². The number of hydrogen-bond acceptors (Lipinski definition) is 6. The second kappa shape index (κ2) is 7.22. The molecule has 0 bridgehead atoms. The van der Waals surface area contributed by atoms with Crippen LogP contribution in [-0.2, 0) is 13.0 Å². The molecule has 3 heterocycles. The Balaban J connectivity index is 1.29. The van der Waals surface area contributed by atoms with E-state index < -0.39 is 0 Å². The molecule has 0 saturated heterocycles. The van der Waals surface area contributed by atoms with Gasteiger partial charge in [-0.3, -0.25) is 9.78 Å². The summed E-state index contributed by atoms with van der Waals surface area (Å²) in [4.78, 5) is 21.3. The molecule has 8 heteroatoms. The lowest BCUT2D eigenvalue weighted by atomic mass is 10.1. The average molecular weight is 399 g/mol. The number of nitrogen functional groups attached to an aromatic ring is 1. The maximum absolute atomic E-state index is 12.7. The SMILES string of the molecule is Cc1ccc2cc(Cn3cc(C(=O)N[C@H]4CCc5c4ccnc5N)nn3)ccc2n1. The van der Waals surface area contributed by atoms with Crippen LogP contribution in [0.4, 0.5) is 5.82 Å². The summed E-state index contributed by atoms with van der Waals surface area (Å²) in [7, 11) is 0. The smallest absolute Gasteiger partial charge is 0.273 e. The summed E-state index contributed by atoms with van der Waals surface area (Å²) < 4.78 is 1.67. The number of aromatic nitrogens is 5. The quantitative estimate of drug-likeness (QED) is 0.546. The molecule has 3 aromatic heterocycles. The van der Waals surface area contributed by atoms with Gasteiger partial charge in [-0.05, 0) is 60.7 Å². The van der Waals surface area contributed by atoms with Crippen molar-refractivity contribution < 1.29 is 4.79 Å². The molecule has 1 aliphatic rings. The van der Waals surface area contributed by atoms with Gasteiger partial charge in [-0.25, -0.2) is 9.67 Å². The molecule has 0 unspecified atom stereocenters. The number of nitrogens with one attached hydrogen (secondary N) is 1. The van der Waals surface area contributed by atoms with Crippen LogP contribution < -0.4 is 11.1 Å². The van der Waals surface area contributed by atoms with Gasteiger partial charge < -0.3 is 11.1 Å². The van der Waals surface area contributed by atoms with Crippen molar-refractivity contribution in [2.45, 2.75) is 32.4 Å². The van der Waals surface area contributed by atoms with Gasteiger partial charge in [0.15, 0.2) is 5.69 Å². The molecule has 1 atom stereocenters. The van der Waals surface area contributed by atoms with Crippen LogP contribution in [0.15, 0.2) is 48.8 Å². The first-order valence-electron chi connectivity index (χ1n) is 9.87. The van der Waals surface area contributed by atoms with Gasteiger partial charge in [-0.2, -0.15) is 0 Å². The van der Waals surface area contributed by atoms with Crippen molar-refractivity contribution in [3.8, 4) is 0 Å². The van der Waals surface area contributed by atoms with E-state index in [1.165, 1.54) is 0 Å². The molecule has 0 spiro atoms. The van der Waals surface area contributed by atoms with Gasteiger partial charge in [0.1, 0.15) is 5.82 Å². The van der Waals surface area contributed by atoms with E-state index >= 15 is 0 Å². The summed E-state index contributed by atoms with van der Waals surface area (Å²) in [5.74, 6) is 0.295. The number of pyridine rings is 2. The minimum atomic E-state index is -0.243. The number of carbonyl (C=O) groups excluding carboxylic acids is 1. The van der Waals surface area contributed by atoms with Crippen LogP contribution in [0, 0.1) is 6.92 Å². The minimum Gasteiger partial charge on any atom is -0.383 e. The van der Waals surface area contributed by atoms with E-state index in [4.69, 9.17) is 5.73 Å². The molecule has 8 nitrogen and oxygen atoms in total. The predicted molar refractivity (Wildman–Crippen MR) is 113 cm³/mol. The van der Waals surface area contributed by atoms with Crippen molar-refractivity contribution in [2.75, 3.05) is 5.73 Å². The largest absolute Gasteiger partial charge is 0.383 e. The zero-order valence-electron chi connectivity index (χ0n) is 16.5. The summed E-state index contributed by atoms with van der Waals surface area (Å²) in [5.41, 5.74) is 11.3. The van der Waals surface area contributed by atoms with Gasteiger partial charge in [0.25, 0.3) is 5.91 Å². The Hall–Kier alpha value is -3.81. The second-order valence-corrected chi connectivity index (χ2v) is 7.61. The van der Waals surface area contributed by atoms with Crippen LogP contribution in [0.3, 0.4) is 0 Å². The van der Waals surface area contributed by atoms with Crippen molar-refractivity contribution in [1.29, 1.82) is 0 Å². The van der Waals surface area contributed by atoms with Gasteiger partial charge in [-0.15, -0.1) is 5.10 Å². The van der Waals surface area contributed by atoms with Crippen molar-refractivity contribution in [1.82, 2.24) is 30.3 Å². The number of amides is 1. The van der Waals surface area contributed by atoms with Crippen LogP contribution in [0.2, 0.25) is 0 Å². The molecule has 30 heavy (non-hydrogen) atoms. The summed E-state index contributed by atoms with van der Waals surface area (Å²) in [6.45, 7) is 2.50. The van der Waals surface area contributed by atoms with Gasteiger partial charge >= 0.3 is 0 Å². The molecule has 3 N–H and O–H groups in total. The van der Waals surface area contributed by atoms with E-state index in [0.29, 0.717) is 18.1 Å². The number of nitrogens with two attached hydrogens (primary N) is 1. The van der Waals surface area contributed by atoms with E-state index in [0.717, 1.165) is 46.1 Å². The lowest BCUT2D eigenvalue weighted by Crippen LogP contribution is -2.27. The maximum Gasteiger partial charge on any atom is 0.273 e. The number of rotatable bonds is 4. The highest BCUT2D eigenvalue weighted by Crippen LogP contribution is 2.33. The van der Waals surface area contributed by atoms with Gasteiger partial charge in [0.2, 0.25) is 0 Å². The topological polar surface area (TPSA) is 112 Å². The van der Waals surface area contributed by atoms with Crippen LogP contribution >= 0.6 is 0 Å². The molecule has 0 saturated carbocycles. The van der Waals surface area contributed by atoms with Crippen LogP contribution in [0.5, 0.6) is 0 Å². The Morgan fingerprint density at radius 2 is 2.17 bits per heavy atom. The van der Waals surface area contributed by atoms with E-state index in [2.05, 4.69) is 37.7 Å². The molecular weight excluding hydrogens is 378 g/mol. The zero-order chi connectivity index (χ0) is 20.7. The fraction of sp³-hybridized carbons (Fsp3) is 0.227. The van der Waals surface area contributed by atoms with Gasteiger partial charge in [0, 0.05) is 17.3 Å². The Bertz CT molecular complexity index is 1260. The highest BCUT2D eigenvalue weighted by Gasteiger charge is 2.27. The Morgan fingerprint density at radius 1 is 1.27 bits per heavy atom. The minimum absolute atomic E-state index is 0.0839. The van der Waals surface area contributed by atoms with E-state index in [-0.39, 0.29) is 11.9 Å². The molecule has 150 valence electrons. The van der Waals surface area contributed by atoms with Gasteiger partial charge in [-0.1, -0.05) is 17.3 Å². The molecule has 0 radical (unpaired) electrons. The highest BCUT2D eigenvalue weighted by atomic mass is 16.2. The first-order chi connectivity index (χ1) is 14.6. The summed E-state index contributed by atoms with van der Waals surface area (Å²) in [5, 5.41) is 12.3. The molecule has 1 aromatic carbocycles. The number of fused-ring (bicyclic) bond motifs is 2. The zero-order valence-corrected chi connectivity index (χ0v) is 16.5. The fourth-order valence-electron chi connectivity index (χ4n) is 3.99. The van der Waals surface area contributed by atoms with Crippen LogP contribution in [0.25, 0.3) is 10.9 Å². The number of benzene rings is 1. The van der Waals surface area contributed by atoms with E-state index in [9.17, 15) is 4.79 Å². The summed E-state index contributed by atoms with van der Waals surface area (Å²) in [6.07, 6.45) is 4.96. The molecular formula is C22H21N7O. The summed E-state index contributed by atoms with van der Waals surface area (Å²) in [6, 6.07) is 12.0. The number of nitrogens with zero attached hydrogens (tertiary/aromatic N) is 5. The number of carbonyl (C=O) groups is 1. The molecule has 5 rings (SSSR count). The molecule has 1 amide bonds. The molecule has 4 aromatic rings. The van der Waals surface area contributed by atoms with Crippen LogP contribution in [-0.4, -0.2) is 30.9 Å². The number of anilines is 1. The Labute approximate surface area is 173 Å². The normalized spacial score (nSPS) is 15.3. The second-order valence-electron chi connectivity index (χ2n) is 7.61. The first kappa shape index (κ1) is 18.2. The highest BCUT2D eigenvalue weighted by molar-refractivity contribution is 5.92. The third kappa shape index (κ3) is 3.36. The lowest BCUT2D eigenvalue weighted by Gasteiger charge is -2.13. The van der Waals surface area contributed by atoms with E-state index in [1.807, 2.05) is 31.2 Å². The van der Waals surface area contributed by atoms with E-state index in [1.54, 1.807) is 17.1 Å². The van der Waals surface area contributed by atoms with Crippen molar-refractivity contribution in [3.63, 3.8) is 0 Å². The Kier molecular flexibility index (Phi) is 4.39. The molecule has 0 fully saturated rings. The summed E-state index contributed by atoms with van der Waals surface area (Å²) >= 11 is 0. The van der Waals surface area contributed by atoms with Crippen molar-refractivity contribution >= 4 is 22.6 Å². The van der Waals surface area contributed by atoms with Crippen LogP contribution in [0.1, 0.15) is 45.3 Å². The fourth-order valence-corrected chi connectivity index (χ4v) is 3.99. The van der Waals surface area contributed by atoms with Crippen molar-refractivity contribution in [3.05, 3.63) is 76.9 Å². The lowest BCUT2D eigenvalue weighted by molar-refractivity contribution is 0.0931. The first-order valence-corrected chi connectivity index (χ1v) is 9.87. The Morgan fingerprint density at radius 3 is 3.07 bits per heavy atom. The third-order valence-electron chi connectivity index (χ3n) is 5.50. The number of hydrogen-bond donors (Lipinski definition) is 2. The predicted octanol–water partition coefficient (Wildman–Crippen LogP) is 2.58. The standard InChI is InChI=1S/C22H21N7O/c1-13-2-4-15-10-14(3-6-18(15)25-13)11-29-12-20(27-28-29)22(30)26-19-7-5-17-16(19)8-9-24-21(17)23/h2-4,6,8-10,12,19H,5,7,11H2,1H3,(H2,23,24)(H,26,30)/t19-/m0/s1. The average Bonchev–Trinajstić information content (AvgIpc) is 3.36. The maximum atomic E-state index is 12.7. The molecule has 1 aliphatic carbocycles. The van der Waals surface area contributed by atoms with Crippen molar-refractivity contribution in [2.24, 2.45) is 0 Å². The molecule has 0 aliphatic heterocycles. The number of aryl methyl sites for hydroxylation is 1. The monoisotopic (exact) mass is 399 g/mol.